The lowest BCUT2D eigenvalue weighted by Crippen LogP contribution is -2.47. The molecule has 3 aromatic rings. The molecule has 0 saturated heterocycles. The van der Waals surface area contributed by atoms with Crippen LogP contribution in [-0.2, 0) is 28.8 Å². The van der Waals surface area contributed by atoms with E-state index in [2.05, 4.69) is 10.6 Å². The topological polar surface area (TPSA) is 80.6 Å². The molecule has 1 aliphatic carbocycles. The van der Waals surface area contributed by atoms with E-state index in [9.17, 15) is 9.59 Å². The molecule has 2 aromatic carbocycles. The van der Waals surface area contributed by atoms with Crippen LogP contribution >= 0.6 is 0 Å². The van der Waals surface area contributed by atoms with E-state index < -0.39 is 17.7 Å². The molecule has 33 heavy (non-hydrogen) atoms. The molecule has 0 radical (unpaired) electrons. The third-order valence-electron chi connectivity index (χ3n) is 5.76. The number of carbonyl (C=O) groups excluding carboxylic acids is 2. The van der Waals surface area contributed by atoms with Crippen molar-refractivity contribution in [2.45, 2.75) is 70.9 Å². The molecule has 0 bridgehead atoms. The molecule has 2 amide bonds. The largest absolute Gasteiger partial charge is 0.461 e. The minimum Gasteiger partial charge on any atom is -0.461 e. The Balaban J connectivity index is 1.54. The summed E-state index contributed by atoms with van der Waals surface area (Å²) in [6.07, 6.45) is 5.20. The van der Waals surface area contributed by atoms with Crippen molar-refractivity contribution in [1.82, 2.24) is 5.32 Å². The van der Waals surface area contributed by atoms with Crippen LogP contribution in [0.3, 0.4) is 0 Å². The fraction of sp³-hybridized carbons (Fsp3) is 0.407. The van der Waals surface area contributed by atoms with Gasteiger partial charge in [-0.15, -0.1) is 0 Å². The molecule has 4 rings (SSSR count). The van der Waals surface area contributed by atoms with Crippen molar-refractivity contribution in [2.24, 2.45) is 0 Å². The lowest BCUT2D eigenvalue weighted by molar-refractivity contribution is -0.118. The van der Waals surface area contributed by atoms with Crippen LogP contribution in [-0.4, -0.2) is 23.6 Å². The first-order valence-electron chi connectivity index (χ1n) is 11.7. The first kappa shape index (κ1) is 22.9. The van der Waals surface area contributed by atoms with Gasteiger partial charge in [0.25, 0.3) is 0 Å². The summed E-state index contributed by atoms with van der Waals surface area (Å²) in [6, 6.07) is 14.6. The highest BCUT2D eigenvalue weighted by molar-refractivity contribution is 5.98. The Bertz CT molecular complexity index is 1130. The predicted molar refractivity (Wildman–Crippen MR) is 129 cm³/mol. The molecule has 1 heterocycles. The van der Waals surface area contributed by atoms with E-state index in [0.717, 1.165) is 48.0 Å². The van der Waals surface area contributed by atoms with Crippen molar-refractivity contribution < 1.29 is 18.7 Å². The van der Waals surface area contributed by atoms with Gasteiger partial charge in [0, 0.05) is 29.5 Å². The average molecular weight is 449 g/mol. The summed E-state index contributed by atoms with van der Waals surface area (Å²) in [4.78, 5) is 25.7. The van der Waals surface area contributed by atoms with Crippen LogP contribution in [0, 0.1) is 0 Å². The van der Waals surface area contributed by atoms with Gasteiger partial charge in [-0.05, 0) is 63.8 Å². The summed E-state index contributed by atoms with van der Waals surface area (Å²) in [5.41, 5.74) is 3.09. The number of hydrogen-bond donors (Lipinski definition) is 2. The third-order valence-corrected chi connectivity index (χ3v) is 5.76. The Morgan fingerprint density at radius 3 is 2.55 bits per heavy atom. The van der Waals surface area contributed by atoms with Crippen molar-refractivity contribution in [3.8, 4) is 0 Å². The molecule has 6 nitrogen and oxygen atoms in total. The SMILES string of the molecule is CC(C)(C)OC(=O)N[C@@H](Cc1ccccc1)C(=O)Nc1ccc2oc3c(c2c1)CCCCC3. The summed E-state index contributed by atoms with van der Waals surface area (Å²) >= 11 is 0. The number of amides is 2. The van der Waals surface area contributed by atoms with Gasteiger partial charge in [-0.1, -0.05) is 36.8 Å². The molecule has 6 heteroatoms. The molecule has 0 unspecified atom stereocenters. The van der Waals surface area contributed by atoms with E-state index in [1.54, 1.807) is 20.8 Å². The van der Waals surface area contributed by atoms with Gasteiger partial charge in [-0.3, -0.25) is 4.79 Å². The standard InChI is InChI=1S/C27H32N2O4/c1-27(2,3)33-26(31)29-22(16-18-10-6-4-7-11-18)25(30)28-19-14-15-24-21(17-19)20-12-8-5-9-13-23(20)32-24/h4,6-7,10-11,14-15,17,22H,5,8-9,12-13,16H2,1-3H3,(H,28,30)(H,29,31)/t22-/m0/s1. The van der Waals surface area contributed by atoms with Gasteiger partial charge in [-0.25, -0.2) is 4.79 Å². The van der Waals surface area contributed by atoms with Crippen LogP contribution in [0.5, 0.6) is 0 Å². The second kappa shape index (κ2) is 9.69. The molecule has 0 saturated carbocycles. The first-order chi connectivity index (χ1) is 15.8. The zero-order chi connectivity index (χ0) is 23.4. The summed E-state index contributed by atoms with van der Waals surface area (Å²) < 4.78 is 11.5. The van der Waals surface area contributed by atoms with Crippen LogP contribution < -0.4 is 10.6 Å². The van der Waals surface area contributed by atoms with E-state index >= 15 is 0 Å². The number of fused-ring (bicyclic) bond motifs is 3. The zero-order valence-corrected chi connectivity index (χ0v) is 19.6. The molecule has 2 N–H and O–H groups in total. The second-order valence-corrected chi connectivity index (χ2v) is 9.65. The Hall–Kier alpha value is -3.28. The van der Waals surface area contributed by atoms with Crippen LogP contribution in [0.15, 0.2) is 52.9 Å². The molecule has 1 aromatic heterocycles. The number of ether oxygens (including phenoxy) is 1. The number of carbonyl (C=O) groups is 2. The van der Waals surface area contributed by atoms with E-state index in [-0.39, 0.29) is 5.91 Å². The quantitative estimate of drug-likeness (QED) is 0.485. The maximum Gasteiger partial charge on any atom is 0.408 e. The van der Waals surface area contributed by atoms with Gasteiger partial charge in [-0.2, -0.15) is 0 Å². The number of furan rings is 1. The molecule has 0 fully saturated rings. The molecule has 174 valence electrons. The number of alkyl carbamates (subject to hydrolysis) is 1. The number of nitrogens with one attached hydrogen (secondary N) is 2. The highest BCUT2D eigenvalue weighted by Gasteiger charge is 2.25. The van der Waals surface area contributed by atoms with Crippen molar-refractivity contribution in [1.29, 1.82) is 0 Å². The van der Waals surface area contributed by atoms with Gasteiger partial charge in [0.2, 0.25) is 5.91 Å². The Morgan fingerprint density at radius 1 is 1.03 bits per heavy atom. The van der Waals surface area contributed by atoms with Gasteiger partial charge in [0.1, 0.15) is 23.0 Å². The molecule has 1 aliphatic rings. The molecular weight excluding hydrogens is 416 g/mol. The molecular formula is C27H32N2O4. The number of anilines is 1. The number of rotatable bonds is 5. The van der Waals surface area contributed by atoms with Gasteiger partial charge >= 0.3 is 6.09 Å². The first-order valence-corrected chi connectivity index (χ1v) is 11.7. The lowest BCUT2D eigenvalue weighted by atomic mass is 10.0. The zero-order valence-electron chi connectivity index (χ0n) is 19.6. The van der Waals surface area contributed by atoms with E-state index in [0.29, 0.717) is 12.1 Å². The fourth-order valence-electron chi connectivity index (χ4n) is 4.26. The Morgan fingerprint density at radius 2 is 1.79 bits per heavy atom. The third kappa shape index (κ3) is 5.95. The van der Waals surface area contributed by atoms with Gasteiger partial charge < -0.3 is 19.8 Å². The minimum atomic E-state index is -0.778. The normalized spacial score (nSPS) is 14.8. The fourth-order valence-corrected chi connectivity index (χ4v) is 4.26. The lowest BCUT2D eigenvalue weighted by Gasteiger charge is -2.23. The van der Waals surface area contributed by atoms with E-state index in [1.165, 1.54) is 12.0 Å². The summed E-state index contributed by atoms with van der Waals surface area (Å²) in [5.74, 6) is 0.776. The summed E-state index contributed by atoms with van der Waals surface area (Å²) in [5, 5.41) is 6.78. The van der Waals surface area contributed by atoms with Crippen molar-refractivity contribution in [2.75, 3.05) is 5.32 Å². The summed E-state index contributed by atoms with van der Waals surface area (Å²) in [6.45, 7) is 5.38. The Kier molecular flexibility index (Phi) is 6.72. The van der Waals surface area contributed by atoms with Crippen LogP contribution in [0.1, 0.15) is 56.9 Å². The summed E-state index contributed by atoms with van der Waals surface area (Å²) in [7, 11) is 0. The Labute approximate surface area is 194 Å². The number of hydrogen-bond acceptors (Lipinski definition) is 4. The smallest absolute Gasteiger partial charge is 0.408 e. The molecule has 0 spiro atoms. The minimum absolute atomic E-state index is 0.293. The van der Waals surface area contributed by atoms with Gasteiger partial charge in [0.05, 0.1) is 0 Å². The maximum absolute atomic E-state index is 13.2. The molecule has 0 aliphatic heterocycles. The monoisotopic (exact) mass is 448 g/mol. The highest BCUT2D eigenvalue weighted by Crippen LogP contribution is 2.33. The average Bonchev–Trinajstić information content (AvgIpc) is 2.93. The maximum atomic E-state index is 13.2. The molecule has 1 atom stereocenters. The predicted octanol–water partition coefficient (Wildman–Crippen LogP) is 5.78. The highest BCUT2D eigenvalue weighted by atomic mass is 16.6. The van der Waals surface area contributed by atoms with E-state index in [1.807, 2.05) is 48.5 Å². The van der Waals surface area contributed by atoms with Crippen molar-refractivity contribution in [3.63, 3.8) is 0 Å². The van der Waals surface area contributed by atoms with Crippen LogP contribution in [0.4, 0.5) is 10.5 Å². The second-order valence-electron chi connectivity index (χ2n) is 9.65. The number of benzene rings is 2. The number of aryl methyl sites for hydroxylation is 2. The van der Waals surface area contributed by atoms with Crippen molar-refractivity contribution in [3.05, 3.63) is 65.4 Å². The van der Waals surface area contributed by atoms with Crippen molar-refractivity contribution >= 4 is 28.7 Å². The van der Waals surface area contributed by atoms with Crippen LogP contribution in [0.2, 0.25) is 0 Å². The van der Waals surface area contributed by atoms with Gasteiger partial charge in [0.15, 0.2) is 0 Å². The van der Waals surface area contributed by atoms with Crippen LogP contribution in [0.25, 0.3) is 11.0 Å². The van der Waals surface area contributed by atoms with E-state index in [4.69, 9.17) is 9.15 Å².